The van der Waals surface area contributed by atoms with Crippen molar-refractivity contribution in [3.8, 4) is 0 Å². The fourth-order valence-electron chi connectivity index (χ4n) is 1.46. The van der Waals surface area contributed by atoms with Gasteiger partial charge in [-0.2, -0.15) is 0 Å². The lowest BCUT2D eigenvalue weighted by atomic mass is 9.93. The molecule has 0 aromatic carbocycles. The first-order chi connectivity index (χ1) is 4.71. The monoisotopic (exact) mass is 142 g/mol. The summed E-state index contributed by atoms with van der Waals surface area (Å²) in [6, 6.07) is 0. The zero-order valence-electron chi connectivity index (χ0n) is 5.59. The zero-order valence-corrected chi connectivity index (χ0v) is 5.59. The number of nitrogens with two attached hydrogens (primary N) is 1. The van der Waals surface area contributed by atoms with Crippen molar-refractivity contribution < 1.29 is 9.53 Å². The number of nitrogens with one attached hydrogen (secondary N) is 1. The van der Waals surface area contributed by atoms with Gasteiger partial charge < -0.3 is 15.8 Å². The summed E-state index contributed by atoms with van der Waals surface area (Å²) in [5.41, 5.74) is 4.99. The number of carbonyl (C=O) groups excluding carboxylic acids is 1. The molecule has 2 aliphatic rings. The van der Waals surface area contributed by atoms with Crippen LogP contribution in [0.25, 0.3) is 0 Å². The molecule has 3 N–H and O–H groups in total. The van der Waals surface area contributed by atoms with E-state index in [0.29, 0.717) is 19.6 Å². The Kier molecular flexibility index (Phi) is 1.04. The standard InChI is InChI=1S/C6H10N2O2/c7-6-1-4(10-3-6)2-8-5(6)9/h4H,1-3,7H2,(H,8,9). The van der Waals surface area contributed by atoms with Gasteiger partial charge in [0.1, 0.15) is 5.54 Å². The summed E-state index contributed by atoms with van der Waals surface area (Å²) in [5, 5.41) is 2.70. The molecule has 56 valence electrons. The molecular weight excluding hydrogens is 132 g/mol. The van der Waals surface area contributed by atoms with Gasteiger partial charge in [0.15, 0.2) is 0 Å². The molecule has 2 atom stereocenters. The van der Waals surface area contributed by atoms with Crippen molar-refractivity contribution >= 4 is 5.91 Å². The van der Waals surface area contributed by atoms with E-state index in [0.717, 1.165) is 0 Å². The fraction of sp³-hybridized carbons (Fsp3) is 0.833. The number of amides is 1. The van der Waals surface area contributed by atoms with Gasteiger partial charge in [-0.1, -0.05) is 0 Å². The van der Waals surface area contributed by atoms with Crippen LogP contribution in [0.3, 0.4) is 0 Å². The molecule has 2 saturated heterocycles. The minimum atomic E-state index is -0.719. The number of piperidine rings is 1. The molecule has 0 aliphatic carbocycles. The van der Waals surface area contributed by atoms with E-state index in [1.54, 1.807) is 0 Å². The van der Waals surface area contributed by atoms with Crippen molar-refractivity contribution in [2.75, 3.05) is 13.2 Å². The Morgan fingerprint density at radius 3 is 3.30 bits per heavy atom. The molecule has 0 aromatic heterocycles. The first-order valence-electron chi connectivity index (χ1n) is 3.39. The van der Waals surface area contributed by atoms with E-state index in [9.17, 15) is 4.79 Å². The summed E-state index contributed by atoms with van der Waals surface area (Å²) < 4.78 is 5.24. The maximum absolute atomic E-state index is 11.1. The number of fused-ring (bicyclic) bond motifs is 2. The van der Waals surface area contributed by atoms with Crippen LogP contribution in [0.5, 0.6) is 0 Å². The molecule has 2 unspecified atom stereocenters. The fourth-order valence-corrected chi connectivity index (χ4v) is 1.46. The molecular formula is C6H10N2O2. The van der Waals surface area contributed by atoms with Gasteiger partial charge in [-0.05, 0) is 0 Å². The third-order valence-corrected chi connectivity index (χ3v) is 2.11. The van der Waals surface area contributed by atoms with Crippen molar-refractivity contribution in [2.24, 2.45) is 5.73 Å². The van der Waals surface area contributed by atoms with Gasteiger partial charge in [0.05, 0.1) is 12.7 Å². The first-order valence-corrected chi connectivity index (χ1v) is 3.39. The van der Waals surface area contributed by atoms with Crippen LogP contribution in [-0.4, -0.2) is 30.7 Å². The Bertz CT molecular complexity index is 183. The van der Waals surface area contributed by atoms with Gasteiger partial charge >= 0.3 is 0 Å². The largest absolute Gasteiger partial charge is 0.374 e. The molecule has 0 aromatic rings. The maximum atomic E-state index is 11.1. The molecule has 0 saturated carbocycles. The van der Waals surface area contributed by atoms with Crippen molar-refractivity contribution in [1.82, 2.24) is 5.32 Å². The van der Waals surface area contributed by atoms with Crippen LogP contribution in [0, 0.1) is 0 Å². The Morgan fingerprint density at radius 2 is 2.60 bits per heavy atom. The highest BCUT2D eigenvalue weighted by Crippen LogP contribution is 2.24. The van der Waals surface area contributed by atoms with Crippen LogP contribution in [0.1, 0.15) is 6.42 Å². The number of ether oxygens (including phenoxy) is 1. The second kappa shape index (κ2) is 1.71. The van der Waals surface area contributed by atoms with Gasteiger partial charge in [-0.25, -0.2) is 0 Å². The lowest BCUT2D eigenvalue weighted by molar-refractivity contribution is -0.126. The van der Waals surface area contributed by atoms with Gasteiger partial charge in [0, 0.05) is 13.0 Å². The predicted octanol–water partition coefficient (Wildman–Crippen LogP) is -1.40. The summed E-state index contributed by atoms with van der Waals surface area (Å²) in [7, 11) is 0. The van der Waals surface area contributed by atoms with Crippen LogP contribution in [0.2, 0.25) is 0 Å². The van der Waals surface area contributed by atoms with Crippen molar-refractivity contribution in [3.05, 3.63) is 0 Å². The van der Waals surface area contributed by atoms with Crippen LogP contribution in [0.4, 0.5) is 0 Å². The van der Waals surface area contributed by atoms with E-state index in [2.05, 4.69) is 5.32 Å². The first kappa shape index (κ1) is 6.12. The SMILES string of the molecule is NC12COC(CNC1=O)C2. The van der Waals surface area contributed by atoms with Crippen LogP contribution in [0.15, 0.2) is 0 Å². The van der Waals surface area contributed by atoms with E-state index in [1.807, 2.05) is 0 Å². The summed E-state index contributed by atoms with van der Waals surface area (Å²) >= 11 is 0. The molecule has 2 fully saturated rings. The average Bonchev–Trinajstić information content (AvgIpc) is 2.22. The number of hydrogen-bond donors (Lipinski definition) is 2. The van der Waals surface area contributed by atoms with Crippen molar-refractivity contribution in [3.63, 3.8) is 0 Å². The molecule has 0 radical (unpaired) electrons. The third kappa shape index (κ3) is 0.660. The normalized spacial score (nSPS) is 45.3. The van der Waals surface area contributed by atoms with Gasteiger partial charge in [0.2, 0.25) is 5.91 Å². The minimum absolute atomic E-state index is 0.0683. The summed E-state index contributed by atoms with van der Waals surface area (Å²) in [4.78, 5) is 11.1. The smallest absolute Gasteiger partial charge is 0.242 e. The van der Waals surface area contributed by atoms with Crippen LogP contribution < -0.4 is 11.1 Å². The minimum Gasteiger partial charge on any atom is -0.374 e. The highest BCUT2D eigenvalue weighted by atomic mass is 16.5. The van der Waals surface area contributed by atoms with E-state index >= 15 is 0 Å². The van der Waals surface area contributed by atoms with E-state index in [4.69, 9.17) is 10.5 Å². The Hall–Kier alpha value is -0.610. The third-order valence-electron chi connectivity index (χ3n) is 2.11. The summed E-state index contributed by atoms with van der Waals surface area (Å²) in [6.07, 6.45) is 0.835. The number of hydrogen-bond acceptors (Lipinski definition) is 3. The van der Waals surface area contributed by atoms with Crippen LogP contribution >= 0.6 is 0 Å². The maximum Gasteiger partial charge on any atom is 0.242 e. The molecule has 1 amide bonds. The second-order valence-corrected chi connectivity index (χ2v) is 3.00. The quantitative estimate of drug-likeness (QED) is 0.437. The van der Waals surface area contributed by atoms with E-state index in [-0.39, 0.29) is 12.0 Å². The van der Waals surface area contributed by atoms with Gasteiger partial charge in [-0.15, -0.1) is 0 Å². The van der Waals surface area contributed by atoms with E-state index in [1.165, 1.54) is 0 Å². The molecule has 2 rings (SSSR count). The lowest BCUT2D eigenvalue weighted by Gasteiger charge is -2.25. The average molecular weight is 142 g/mol. The summed E-state index contributed by atoms with van der Waals surface area (Å²) in [5.74, 6) is -0.0683. The molecule has 4 nitrogen and oxygen atoms in total. The van der Waals surface area contributed by atoms with E-state index < -0.39 is 5.54 Å². The number of carbonyl (C=O) groups is 1. The van der Waals surface area contributed by atoms with Crippen molar-refractivity contribution in [1.29, 1.82) is 0 Å². The predicted molar refractivity (Wildman–Crippen MR) is 34.3 cm³/mol. The Morgan fingerprint density at radius 1 is 1.80 bits per heavy atom. The number of rotatable bonds is 0. The topological polar surface area (TPSA) is 64.3 Å². The molecule has 2 bridgehead atoms. The zero-order chi connectivity index (χ0) is 7.19. The highest BCUT2D eigenvalue weighted by Gasteiger charge is 2.46. The van der Waals surface area contributed by atoms with Crippen LogP contribution in [-0.2, 0) is 9.53 Å². The molecule has 0 spiro atoms. The molecule has 2 aliphatic heterocycles. The van der Waals surface area contributed by atoms with Gasteiger partial charge in [-0.3, -0.25) is 4.79 Å². The molecule has 2 heterocycles. The van der Waals surface area contributed by atoms with Gasteiger partial charge in [0.25, 0.3) is 0 Å². The molecule has 4 heteroatoms. The lowest BCUT2D eigenvalue weighted by Crippen LogP contribution is -2.58. The van der Waals surface area contributed by atoms with Crippen molar-refractivity contribution in [2.45, 2.75) is 18.1 Å². The second-order valence-electron chi connectivity index (χ2n) is 3.00. The highest BCUT2D eigenvalue weighted by molar-refractivity contribution is 5.87. The Balaban J connectivity index is 2.25. The molecule has 10 heavy (non-hydrogen) atoms. The Labute approximate surface area is 58.7 Å². The summed E-state index contributed by atoms with van der Waals surface area (Å²) in [6.45, 7) is 1.00.